The number of nitrogens with one attached hydrogen (secondary N) is 1. The highest BCUT2D eigenvalue weighted by molar-refractivity contribution is 5.75. The Bertz CT molecular complexity index is 289. The zero-order chi connectivity index (χ0) is 15.0. The summed E-state index contributed by atoms with van der Waals surface area (Å²) in [4.78, 5) is 14.3. The minimum absolute atomic E-state index is 0.0116. The normalized spacial score (nSPS) is 18.8. The van der Waals surface area contributed by atoms with Crippen molar-refractivity contribution in [2.45, 2.75) is 45.6 Å². The van der Waals surface area contributed by atoms with E-state index in [9.17, 15) is 4.79 Å². The van der Waals surface area contributed by atoms with Gasteiger partial charge in [-0.05, 0) is 39.2 Å². The van der Waals surface area contributed by atoms with Crippen LogP contribution in [0.5, 0.6) is 0 Å². The van der Waals surface area contributed by atoms with Gasteiger partial charge in [0.05, 0.1) is 13.2 Å². The predicted molar refractivity (Wildman–Crippen MR) is 81.6 cm³/mol. The molecule has 0 spiro atoms. The molecule has 5 heteroatoms. The third-order valence-corrected chi connectivity index (χ3v) is 4.11. The van der Waals surface area contributed by atoms with Crippen LogP contribution in [0.25, 0.3) is 0 Å². The number of carbonyl (C=O) groups is 1. The molecule has 0 aromatic heterocycles. The van der Waals surface area contributed by atoms with Gasteiger partial charge in [-0.15, -0.1) is 0 Å². The molecule has 1 amide bonds. The van der Waals surface area contributed by atoms with Gasteiger partial charge in [0.2, 0.25) is 5.91 Å². The van der Waals surface area contributed by atoms with Crippen LogP contribution in [0.1, 0.15) is 40.0 Å². The van der Waals surface area contributed by atoms with Gasteiger partial charge < -0.3 is 15.8 Å². The molecule has 118 valence electrons. The molecule has 3 N–H and O–H groups in total. The molecular weight excluding hydrogens is 254 g/mol. The molecule has 1 aliphatic heterocycles. The van der Waals surface area contributed by atoms with Gasteiger partial charge in [0.15, 0.2) is 0 Å². The van der Waals surface area contributed by atoms with E-state index in [2.05, 4.69) is 31.0 Å². The van der Waals surface area contributed by atoms with Crippen LogP contribution < -0.4 is 11.1 Å². The molecule has 0 aromatic rings. The van der Waals surface area contributed by atoms with Crippen molar-refractivity contribution >= 4 is 5.91 Å². The van der Waals surface area contributed by atoms with E-state index in [-0.39, 0.29) is 11.4 Å². The Morgan fingerprint density at radius 3 is 2.60 bits per heavy atom. The van der Waals surface area contributed by atoms with Gasteiger partial charge in [0.1, 0.15) is 0 Å². The summed E-state index contributed by atoms with van der Waals surface area (Å²) in [5, 5.41) is 3.07. The number of nitrogens with two attached hydrogens (primary N) is 1. The van der Waals surface area contributed by atoms with E-state index in [1.807, 2.05) is 0 Å². The van der Waals surface area contributed by atoms with Crippen molar-refractivity contribution in [1.82, 2.24) is 10.2 Å². The van der Waals surface area contributed by atoms with E-state index in [0.717, 1.165) is 39.1 Å². The van der Waals surface area contributed by atoms with Crippen molar-refractivity contribution in [2.24, 2.45) is 11.7 Å². The number of nitrogens with zero attached hydrogens (tertiary/aromatic N) is 1. The molecule has 1 fully saturated rings. The van der Waals surface area contributed by atoms with Gasteiger partial charge in [-0.3, -0.25) is 9.69 Å². The lowest BCUT2D eigenvalue weighted by molar-refractivity contribution is -0.122. The SMILES string of the molecule is CC(CCN)CCC(=O)NCC(C)(C)N1CCOCC1. The highest BCUT2D eigenvalue weighted by atomic mass is 16.5. The maximum absolute atomic E-state index is 11.9. The lowest BCUT2D eigenvalue weighted by Crippen LogP contribution is -2.55. The van der Waals surface area contributed by atoms with E-state index in [1.165, 1.54) is 0 Å². The monoisotopic (exact) mass is 285 g/mol. The van der Waals surface area contributed by atoms with Crippen LogP contribution in [0.15, 0.2) is 0 Å². The number of amides is 1. The van der Waals surface area contributed by atoms with Crippen molar-refractivity contribution < 1.29 is 9.53 Å². The van der Waals surface area contributed by atoms with Crippen molar-refractivity contribution in [3.05, 3.63) is 0 Å². The smallest absolute Gasteiger partial charge is 0.220 e. The second-order valence-corrected chi connectivity index (χ2v) is 6.41. The Balaban J connectivity index is 2.24. The van der Waals surface area contributed by atoms with Gasteiger partial charge in [-0.1, -0.05) is 6.92 Å². The van der Waals surface area contributed by atoms with Crippen molar-refractivity contribution in [2.75, 3.05) is 39.4 Å². The Morgan fingerprint density at radius 2 is 2.00 bits per heavy atom. The maximum Gasteiger partial charge on any atom is 0.220 e. The number of ether oxygens (including phenoxy) is 1. The average molecular weight is 285 g/mol. The number of hydrogen-bond donors (Lipinski definition) is 2. The fraction of sp³-hybridized carbons (Fsp3) is 0.933. The topological polar surface area (TPSA) is 67.6 Å². The summed E-state index contributed by atoms with van der Waals surface area (Å²) >= 11 is 0. The Kier molecular flexibility index (Phi) is 7.48. The van der Waals surface area contributed by atoms with Crippen LogP contribution in [0.4, 0.5) is 0 Å². The van der Waals surface area contributed by atoms with Crippen molar-refractivity contribution in [3.8, 4) is 0 Å². The van der Waals surface area contributed by atoms with Crippen LogP contribution in [0.2, 0.25) is 0 Å². The van der Waals surface area contributed by atoms with Crippen LogP contribution in [-0.4, -0.2) is 55.7 Å². The highest BCUT2D eigenvalue weighted by Gasteiger charge is 2.28. The lowest BCUT2D eigenvalue weighted by atomic mass is 10.0. The first-order chi connectivity index (χ1) is 9.45. The van der Waals surface area contributed by atoms with Crippen molar-refractivity contribution in [3.63, 3.8) is 0 Å². The Hall–Kier alpha value is -0.650. The quantitative estimate of drug-likeness (QED) is 0.697. The maximum atomic E-state index is 11.9. The Morgan fingerprint density at radius 1 is 1.35 bits per heavy atom. The minimum Gasteiger partial charge on any atom is -0.379 e. The summed E-state index contributed by atoms with van der Waals surface area (Å²) in [5.41, 5.74) is 5.51. The summed E-state index contributed by atoms with van der Waals surface area (Å²) < 4.78 is 5.37. The van der Waals surface area contributed by atoms with E-state index < -0.39 is 0 Å². The van der Waals surface area contributed by atoms with Crippen LogP contribution in [0.3, 0.4) is 0 Å². The molecule has 0 radical (unpaired) electrons. The summed E-state index contributed by atoms with van der Waals surface area (Å²) in [7, 11) is 0. The number of rotatable bonds is 8. The molecule has 1 atom stereocenters. The molecule has 0 aliphatic carbocycles. The zero-order valence-electron chi connectivity index (χ0n) is 13.3. The Labute approximate surface area is 123 Å². The van der Waals surface area contributed by atoms with Crippen molar-refractivity contribution in [1.29, 1.82) is 0 Å². The number of morpholine rings is 1. The first-order valence-electron chi connectivity index (χ1n) is 7.75. The third kappa shape index (κ3) is 6.20. The van der Waals surface area contributed by atoms with Crippen LogP contribution >= 0.6 is 0 Å². The summed E-state index contributed by atoms with van der Waals surface area (Å²) in [6.45, 7) is 11.3. The first-order valence-corrected chi connectivity index (χ1v) is 7.75. The van der Waals surface area contributed by atoms with E-state index in [4.69, 9.17) is 10.5 Å². The van der Waals surface area contributed by atoms with E-state index in [1.54, 1.807) is 0 Å². The number of hydrogen-bond acceptors (Lipinski definition) is 4. The fourth-order valence-electron chi connectivity index (χ4n) is 2.49. The van der Waals surface area contributed by atoms with Gasteiger partial charge in [0.25, 0.3) is 0 Å². The average Bonchev–Trinajstić information content (AvgIpc) is 2.44. The lowest BCUT2D eigenvalue weighted by Gasteiger charge is -2.40. The molecule has 1 unspecified atom stereocenters. The fourth-order valence-corrected chi connectivity index (χ4v) is 2.49. The molecule has 1 heterocycles. The molecule has 5 nitrogen and oxygen atoms in total. The second kappa shape index (κ2) is 8.60. The van der Waals surface area contributed by atoms with Gasteiger partial charge in [-0.25, -0.2) is 0 Å². The zero-order valence-corrected chi connectivity index (χ0v) is 13.3. The summed E-state index contributed by atoms with van der Waals surface area (Å²) in [6.07, 6.45) is 2.51. The molecule has 20 heavy (non-hydrogen) atoms. The highest BCUT2D eigenvalue weighted by Crippen LogP contribution is 2.15. The molecule has 0 bridgehead atoms. The van der Waals surface area contributed by atoms with Gasteiger partial charge in [0, 0.05) is 31.6 Å². The molecule has 1 saturated heterocycles. The number of carbonyl (C=O) groups excluding carboxylic acids is 1. The standard InChI is InChI=1S/C15H31N3O2/c1-13(6-7-16)4-5-14(19)17-12-15(2,3)18-8-10-20-11-9-18/h13H,4-12,16H2,1-3H3,(H,17,19). The minimum atomic E-state index is -0.0116. The summed E-state index contributed by atoms with van der Waals surface area (Å²) in [6, 6.07) is 0. The van der Waals surface area contributed by atoms with E-state index in [0.29, 0.717) is 25.4 Å². The molecular formula is C15H31N3O2. The van der Waals surface area contributed by atoms with Crippen LogP contribution in [-0.2, 0) is 9.53 Å². The predicted octanol–water partition coefficient (Wildman–Crippen LogP) is 0.979. The molecule has 0 saturated carbocycles. The molecule has 1 rings (SSSR count). The van der Waals surface area contributed by atoms with Crippen LogP contribution in [0, 0.1) is 5.92 Å². The van der Waals surface area contributed by atoms with E-state index >= 15 is 0 Å². The van der Waals surface area contributed by atoms with Gasteiger partial charge in [-0.2, -0.15) is 0 Å². The summed E-state index contributed by atoms with van der Waals surface area (Å²) in [5.74, 6) is 0.674. The molecule has 1 aliphatic rings. The van der Waals surface area contributed by atoms with Gasteiger partial charge >= 0.3 is 0 Å². The second-order valence-electron chi connectivity index (χ2n) is 6.41. The molecule has 0 aromatic carbocycles. The first kappa shape index (κ1) is 17.4. The largest absolute Gasteiger partial charge is 0.379 e. The third-order valence-electron chi connectivity index (χ3n) is 4.11.